The first kappa shape index (κ1) is 34.3. The first-order valence-corrected chi connectivity index (χ1v) is 17.7. The highest BCUT2D eigenvalue weighted by atomic mass is 32.2. The van der Waals surface area contributed by atoms with E-state index in [0.29, 0.717) is 27.4 Å². The van der Waals surface area contributed by atoms with Crippen molar-refractivity contribution in [1.29, 1.82) is 10.5 Å². The molecule has 0 aliphatic carbocycles. The Balaban J connectivity index is 1.78. The van der Waals surface area contributed by atoms with Gasteiger partial charge in [-0.3, -0.25) is 0 Å². The van der Waals surface area contributed by atoms with E-state index in [4.69, 9.17) is 14.2 Å². The number of nitriles is 2. The van der Waals surface area contributed by atoms with E-state index in [2.05, 4.69) is 39.8 Å². The van der Waals surface area contributed by atoms with Gasteiger partial charge in [-0.05, 0) is 30.7 Å². The Labute approximate surface area is 266 Å². The van der Waals surface area contributed by atoms with Crippen molar-refractivity contribution in [2.75, 3.05) is 20.3 Å². The second-order valence-corrected chi connectivity index (χ2v) is 14.7. The predicted octanol–water partition coefficient (Wildman–Crippen LogP) is 9.08. The number of nitrogens with zero attached hydrogens (tertiary/aromatic N) is 2. The van der Waals surface area contributed by atoms with Crippen LogP contribution in [-0.2, 0) is 19.1 Å². The summed E-state index contributed by atoms with van der Waals surface area (Å²) in [6.45, 7) is 9.04. The van der Waals surface area contributed by atoms with E-state index in [1.54, 1.807) is 7.11 Å². The molecule has 1 aromatic rings. The van der Waals surface area contributed by atoms with Crippen molar-refractivity contribution in [2.24, 2.45) is 11.8 Å². The van der Waals surface area contributed by atoms with Crippen LogP contribution in [0.1, 0.15) is 79.1 Å². The number of methoxy groups -OCH3 is 1. The molecule has 2 aliphatic rings. The van der Waals surface area contributed by atoms with Crippen LogP contribution in [0.2, 0.25) is 0 Å². The molecule has 1 aromatic carbocycles. The number of thioether (sulfide) groups is 4. The van der Waals surface area contributed by atoms with Gasteiger partial charge < -0.3 is 14.2 Å². The van der Waals surface area contributed by atoms with Crippen LogP contribution in [0.5, 0.6) is 5.75 Å². The molecule has 0 fully saturated rings. The number of hydrogen-bond acceptors (Lipinski definition) is 11. The molecule has 11 heteroatoms. The molecular formula is C31H38N2O5S4. The fraction of sp³-hybridized carbons (Fsp3) is 0.548. The van der Waals surface area contributed by atoms with Crippen molar-refractivity contribution < 1.29 is 23.8 Å². The van der Waals surface area contributed by atoms with E-state index in [9.17, 15) is 20.1 Å². The van der Waals surface area contributed by atoms with Gasteiger partial charge in [0.2, 0.25) is 0 Å². The van der Waals surface area contributed by atoms with Crippen LogP contribution in [0.25, 0.3) is 0 Å². The number of carbonyl (C=O) groups excluding carboxylic acids is 2. The Hall–Kier alpha value is -2.18. The van der Waals surface area contributed by atoms with Crippen molar-refractivity contribution in [2.45, 2.75) is 98.6 Å². The average Bonchev–Trinajstić information content (AvgIpc) is 3.60. The Morgan fingerprint density at radius 1 is 0.762 bits per heavy atom. The third-order valence-corrected chi connectivity index (χ3v) is 12.3. The Bertz CT molecular complexity index is 1220. The summed E-state index contributed by atoms with van der Waals surface area (Å²) >= 11 is 5.28. The third-order valence-electron chi connectivity index (χ3n) is 7.15. The maximum absolute atomic E-state index is 12.9. The maximum atomic E-state index is 12.9. The maximum Gasteiger partial charge on any atom is 0.350 e. The molecular weight excluding hydrogens is 609 g/mol. The summed E-state index contributed by atoms with van der Waals surface area (Å²) in [5.74, 6) is -0.0520. The number of fused-ring (bicyclic) bond motifs is 2. The molecule has 2 aliphatic heterocycles. The first-order chi connectivity index (χ1) is 20.3. The summed E-state index contributed by atoms with van der Waals surface area (Å²) in [6.07, 6.45) is 8.15. The van der Waals surface area contributed by atoms with E-state index in [0.717, 1.165) is 70.9 Å². The zero-order valence-electron chi connectivity index (χ0n) is 24.9. The summed E-state index contributed by atoms with van der Waals surface area (Å²) in [7, 11) is 1.57. The summed E-state index contributed by atoms with van der Waals surface area (Å²) in [5.41, 5.74) is -0.0121. The predicted molar refractivity (Wildman–Crippen MR) is 170 cm³/mol. The van der Waals surface area contributed by atoms with Gasteiger partial charge in [0, 0.05) is 9.79 Å². The third kappa shape index (κ3) is 8.47. The highest BCUT2D eigenvalue weighted by Gasteiger charge is 2.35. The van der Waals surface area contributed by atoms with Crippen molar-refractivity contribution >= 4 is 59.0 Å². The molecule has 0 aromatic heterocycles. The van der Waals surface area contributed by atoms with Crippen LogP contribution < -0.4 is 4.74 Å². The summed E-state index contributed by atoms with van der Waals surface area (Å²) in [6, 6.07) is 6.06. The minimum absolute atomic E-state index is 0.00604. The van der Waals surface area contributed by atoms with Gasteiger partial charge in [-0.15, -0.1) is 0 Å². The Morgan fingerprint density at radius 3 is 1.52 bits per heavy atom. The quantitative estimate of drug-likeness (QED) is 0.103. The van der Waals surface area contributed by atoms with Crippen LogP contribution in [0.3, 0.4) is 0 Å². The van der Waals surface area contributed by atoms with Crippen molar-refractivity contribution in [3.05, 3.63) is 25.7 Å². The summed E-state index contributed by atoms with van der Waals surface area (Å²) < 4.78 is 18.0. The SMILES string of the molecule is CCCCC(CC)COC(=O)/C(C#N)=C1/Sc2cc3c(c(OC)c2S1)S/C(=C(\C#N)C(=O)OCC(CC)CCCC)S3. The molecule has 2 atom stereocenters. The van der Waals surface area contributed by atoms with Gasteiger partial charge >= 0.3 is 11.9 Å². The molecule has 226 valence electrons. The molecule has 2 heterocycles. The van der Waals surface area contributed by atoms with Crippen molar-refractivity contribution in [3.63, 3.8) is 0 Å². The summed E-state index contributed by atoms with van der Waals surface area (Å²) in [4.78, 5) is 29.1. The molecule has 0 amide bonds. The lowest BCUT2D eigenvalue weighted by atomic mass is 10.0. The van der Waals surface area contributed by atoms with E-state index < -0.39 is 11.9 Å². The van der Waals surface area contributed by atoms with E-state index >= 15 is 0 Å². The molecule has 2 unspecified atom stereocenters. The molecule has 0 saturated carbocycles. The lowest BCUT2D eigenvalue weighted by Crippen LogP contribution is -2.15. The number of hydrogen-bond donors (Lipinski definition) is 0. The van der Waals surface area contributed by atoms with E-state index in [-0.39, 0.29) is 23.0 Å². The Morgan fingerprint density at radius 2 is 1.19 bits per heavy atom. The number of ether oxygens (including phenoxy) is 3. The van der Waals surface area contributed by atoms with Gasteiger partial charge in [-0.2, -0.15) is 10.5 Å². The van der Waals surface area contributed by atoms with Crippen LogP contribution in [-0.4, -0.2) is 32.3 Å². The molecule has 0 N–H and O–H groups in total. The van der Waals surface area contributed by atoms with Gasteiger partial charge in [-0.25, -0.2) is 9.59 Å². The number of benzene rings is 1. The number of unbranched alkanes of at least 4 members (excludes halogenated alkanes) is 2. The minimum Gasteiger partial charge on any atom is -0.494 e. The van der Waals surface area contributed by atoms with Crippen LogP contribution in [0.4, 0.5) is 0 Å². The fourth-order valence-electron chi connectivity index (χ4n) is 4.42. The molecule has 0 radical (unpaired) electrons. The number of esters is 2. The second kappa shape index (κ2) is 17.2. The smallest absolute Gasteiger partial charge is 0.350 e. The number of rotatable bonds is 15. The topological polar surface area (TPSA) is 109 Å². The lowest BCUT2D eigenvalue weighted by molar-refractivity contribution is -0.140. The molecule has 42 heavy (non-hydrogen) atoms. The zero-order valence-corrected chi connectivity index (χ0v) is 28.1. The number of carbonyl (C=O) groups is 2. The first-order valence-electron chi connectivity index (χ1n) is 14.4. The van der Waals surface area contributed by atoms with Gasteiger partial charge in [0.05, 0.1) is 38.6 Å². The largest absolute Gasteiger partial charge is 0.494 e. The van der Waals surface area contributed by atoms with Crippen molar-refractivity contribution in [1.82, 2.24) is 0 Å². The molecule has 3 rings (SSSR count). The monoisotopic (exact) mass is 646 g/mol. The van der Waals surface area contributed by atoms with Crippen LogP contribution >= 0.6 is 47.0 Å². The fourth-order valence-corrected chi connectivity index (χ4v) is 9.72. The normalized spacial score (nSPS) is 17.3. The van der Waals surface area contributed by atoms with Crippen LogP contribution in [0, 0.1) is 34.5 Å². The van der Waals surface area contributed by atoms with Gasteiger partial charge in [-0.1, -0.05) is 113 Å². The molecule has 0 saturated heterocycles. The van der Waals surface area contributed by atoms with Gasteiger partial charge in [0.25, 0.3) is 0 Å². The molecule has 0 spiro atoms. The minimum atomic E-state index is -0.604. The zero-order chi connectivity index (χ0) is 30.6. The standard InChI is InChI=1S/C31H38N2O5S4/c1-6-10-12-19(8-3)17-37-28(34)21(15-32)30-39-23-14-24-27(25(36-5)26(23)41-30)42-31(40-24)22(16-33)29(35)38-18-20(9-4)13-11-7-2/h14,19-20H,6-13,17-18H2,1-5H3/b30-21-,31-22+. The Kier molecular flexibility index (Phi) is 14.1. The highest BCUT2D eigenvalue weighted by Crippen LogP contribution is 2.64. The highest BCUT2D eigenvalue weighted by molar-refractivity contribution is 8.25. The van der Waals surface area contributed by atoms with E-state index in [1.165, 1.54) is 47.0 Å². The lowest BCUT2D eigenvalue weighted by Gasteiger charge is -2.14. The average molecular weight is 647 g/mol. The second-order valence-electron chi connectivity index (χ2n) is 10.1. The molecule has 0 bridgehead atoms. The molecule has 7 nitrogen and oxygen atoms in total. The van der Waals surface area contributed by atoms with Gasteiger partial charge in [0.15, 0.2) is 11.1 Å². The van der Waals surface area contributed by atoms with Crippen LogP contribution in [0.15, 0.2) is 45.3 Å². The summed E-state index contributed by atoms with van der Waals surface area (Å²) in [5, 5.41) is 19.7. The van der Waals surface area contributed by atoms with Crippen molar-refractivity contribution in [3.8, 4) is 17.9 Å². The van der Waals surface area contributed by atoms with Gasteiger partial charge in [0.1, 0.15) is 17.9 Å². The van der Waals surface area contributed by atoms with E-state index in [1.807, 2.05) is 6.07 Å².